The van der Waals surface area contributed by atoms with Crippen molar-refractivity contribution in [3.05, 3.63) is 46.1 Å². The lowest BCUT2D eigenvalue weighted by Crippen LogP contribution is -2.51. The monoisotopic (exact) mass is 476 g/mol. The Morgan fingerprint density at radius 1 is 1.12 bits per heavy atom. The Morgan fingerprint density at radius 3 is 2.55 bits per heavy atom. The van der Waals surface area contributed by atoms with Gasteiger partial charge in [-0.2, -0.15) is 0 Å². The number of esters is 1. The van der Waals surface area contributed by atoms with Crippen molar-refractivity contribution in [3.63, 3.8) is 0 Å². The number of ether oxygens (including phenoxy) is 1. The second-order valence-electron chi connectivity index (χ2n) is 8.09. The molecule has 0 radical (unpaired) electrons. The number of nitrogens with one attached hydrogen (secondary N) is 1. The molecule has 180 valence electrons. The van der Waals surface area contributed by atoms with Crippen LogP contribution in [0.1, 0.15) is 45.2 Å². The number of halogens is 1. The molecule has 2 aliphatic heterocycles. The van der Waals surface area contributed by atoms with Crippen LogP contribution in [0, 0.1) is 0 Å². The standard InChI is InChI=1S/C24H33ClN4O4/c1-4-20(30)28-13-9-12-27(14-15-28)16-19-21(23(31)33-6-3)22(26-24(32)29(19)5-2)17-10-7-8-11-18(17)25/h7-8,10-11,22H,4-6,9,12-16H2,1-3H3,(H,26,32). The van der Waals surface area contributed by atoms with Gasteiger partial charge < -0.3 is 15.0 Å². The minimum absolute atomic E-state index is 0.147. The van der Waals surface area contributed by atoms with E-state index in [2.05, 4.69) is 10.2 Å². The normalized spacial score (nSPS) is 19.9. The summed E-state index contributed by atoms with van der Waals surface area (Å²) >= 11 is 6.46. The molecule has 1 atom stereocenters. The number of carbonyl (C=O) groups is 3. The molecule has 0 bridgehead atoms. The molecular formula is C24H33ClN4O4. The summed E-state index contributed by atoms with van der Waals surface area (Å²) in [6.07, 6.45) is 1.32. The fourth-order valence-corrected chi connectivity index (χ4v) is 4.66. The molecular weight excluding hydrogens is 444 g/mol. The van der Waals surface area contributed by atoms with Crippen LogP contribution < -0.4 is 5.32 Å². The minimum Gasteiger partial charge on any atom is -0.463 e. The fourth-order valence-electron chi connectivity index (χ4n) is 4.41. The Bertz CT molecular complexity index is 919. The van der Waals surface area contributed by atoms with Gasteiger partial charge in [0.15, 0.2) is 0 Å². The maximum absolute atomic E-state index is 13.2. The summed E-state index contributed by atoms with van der Waals surface area (Å²) in [7, 11) is 0. The molecule has 3 amide bonds. The Morgan fingerprint density at radius 2 is 1.88 bits per heavy atom. The van der Waals surface area contributed by atoms with E-state index in [1.54, 1.807) is 17.9 Å². The zero-order valence-electron chi connectivity index (χ0n) is 19.6. The van der Waals surface area contributed by atoms with E-state index >= 15 is 0 Å². The van der Waals surface area contributed by atoms with Crippen LogP contribution in [-0.4, -0.2) is 78.5 Å². The third kappa shape index (κ3) is 5.68. The highest BCUT2D eigenvalue weighted by Crippen LogP contribution is 2.35. The van der Waals surface area contributed by atoms with Crippen LogP contribution in [0.2, 0.25) is 5.02 Å². The van der Waals surface area contributed by atoms with Crippen molar-refractivity contribution in [2.24, 2.45) is 0 Å². The Hall–Kier alpha value is -2.58. The molecule has 1 aromatic carbocycles. The average Bonchev–Trinajstić information content (AvgIpc) is 3.04. The molecule has 0 spiro atoms. The lowest BCUT2D eigenvalue weighted by molar-refractivity contribution is -0.139. The molecule has 1 fully saturated rings. The highest BCUT2D eigenvalue weighted by molar-refractivity contribution is 6.31. The molecule has 33 heavy (non-hydrogen) atoms. The summed E-state index contributed by atoms with van der Waals surface area (Å²) in [5.41, 5.74) is 1.68. The summed E-state index contributed by atoms with van der Waals surface area (Å²) < 4.78 is 5.42. The van der Waals surface area contributed by atoms with E-state index < -0.39 is 12.0 Å². The smallest absolute Gasteiger partial charge is 0.338 e. The molecule has 1 aromatic rings. The van der Waals surface area contributed by atoms with Crippen molar-refractivity contribution in [1.29, 1.82) is 0 Å². The maximum Gasteiger partial charge on any atom is 0.338 e. The Labute approximate surface area is 200 Å². The number of rotatable bonds is 7. The first-order valence-corrected chi connectivity index (χ1v) is 12.0. The number of hydrogen-bond acceptors (Lipinski definition) is 5. The maximum atomic E-state index is 13.2. The predicted octanol–water partition coefficient (Wildman–Crippen LogP) is 3.19. The third-order valence-corrected chi connectivity index (χ3v) is 6.43. The van der Waals surface area contributed by atoms with Crippen LogP contribution in [0.15, 0.2) is 35.5 Å². The van der Waals surface area contributed by atoms with Gasteiger partial charge in [-0.15, -0.1) is 0 Å². The first-order chi connectivity index (χ1) is 15.9. The van der Waals surface area contributed by atoms with Crippen molar-refractivity contribution in [1.82, 2.24) is 20.0 Å². The second kappa shape index (κ2) is 11.5. The van der Waals surface area contributed by atoms with Gasteiger partial charge in [0.05, 0.1) is 18.2 Å². The molecule has 3 rings (SSSR count). The van der Waals surface area contributed by atoms with Gasteiger partial charge in [-0.25, -0.2) is 9.59 Å². The summed E-state index contributed by atoms with van der Waals surface area (Å²) in [6.45, 7) is 9.33. The van der Waals surface area contributed by atoms with Gasteiger partial charge in [-0.3, -0.25) is 14.6 Å². The molecule has 2 heterocycles. The molecule has 9 heteroatoms. The topological polar surface area (TPSA) is 82.2 Å². The van der Waals surface area contributed by atoms with Crippen LogP contribution in [0.5, 0.6) is 0 Å². The summed E-state index contributed by atoms with van der Waals surface area (Å²) in [5.74, 6) is -0.317. The highest BCUT2D eigenvalue weighted by Gasteiger charge is 2.39. The van der Waals surface area contributed by atoms with Crippen LogP contribution in [0.25, 0.3) is 0 Å². The van der Waals surface area contributed by atoms with Gasteiger partial charge in [-0.1, -0.05) is 36.7 Å². The lowest BCUT2D eigenvalue weighted by atomic mass is 9.94. The van der Waals surface area contributed by atoms with Crippen molar-refractivity contribution in [3.8, 4) is 0 Å². The molecule has 1 N–H and O–H groups in total. The van der Waals surface area contributed by atoms with E-state index in [-0.39, 0.29) is 18.5 Å². The molecule has 1 saturated heterocycles. The van der Waals surface area contributed by atoms with Crippen molar-refractivity contribution in [2.75, 3.05) is 45.9 Å². The largest absolute Gasteiger partial charge is 0.463 e. The van der Waals surface area contributed by atoms with Gasteiger partial charge in [-0.05, 0) is 31.9 Å². The zero-order chi connectivity index (χ0) is 24.0. The van der Waals surface area contributed by atoms with Crippen molar-refractivity contribution in [2.45, 2.75) is 39.7 Å². The first kappa shape index (κ1) is 25.1. The van der Waals surface area contributed by atoms with Crippen molar-refractivity contribution < 1.29 is 19.1 Å². The van der Waals surface area contributed by atoms with E-state index in [1.165, 1.54) is 0 Å². The van der Waals surface area contributed by atoms with E-state index in [0.29, 0.717) is 61.0 Å². The van der Waals surface area contributed by atoms with Crippen LogP contribution in [0.3, 0.4) is 0 Å². The summed E-state index contributed by atoms with van der Waals surface area (Å²) in [6, 6.07) is 6.22. The van der Waals surface area contributed by atoms with Gasteiger partial charge in [0.1, 0.15) is 0 Å². The lowest BCUT2D eigenvalue weighted by Gasteiger charge is -2.38. The quantitative estimate of drug-likeness (QED) is 0.611. The second-order valence-corrected chi connectivity index (χ2v) is 8.50. The van der Waals surface area contributed by atoms with Gasteiger partial charge in [0.25, 0.3) is 0 Å². The average molecular weight is 477 g/mol. The number of nitrogens with zero attached hydrogens (tertiary/aromatic N) is 3. The van der Waals surface area contributed by atoms with Crippen molar-refractivity contribution >= 4 is 29.5 Å². The third-order valence-electron chi connectivity index (χ3n) is 6.08. The summed E-state index contributed by atoms with van der Waals surface area (Å²) in [4.78, 5) is 44.1. The number of carbonyl (C=O) groups excluding carboxylic acids is 3. The van der Waals surface area contributed by atoms with E-state index in [4.69, 9.17) is 16.3 Å². The molecule has 0 saturated carbocycles. The summed E-state index contributed by atoms with van der Waals surface area (Å²) in [5, 5.41) is 3.42. The highest BCUT2D eigenvalue weighted by atomic mass is 35.5. The predicted molar refractivity (Wildman–Crippen MR) is 127 cm³/mol. The molecule has 0 aromatic heterocycles. The minimum atomic E-state index is -0.701. The number of hydrogen-bond donors (Lipinski definition) is 1. The number of benzene rings is 1. The molecule has 8 nitrogen and oxygen atoms in total. The SMILES string of the molecule is CCOC(=O)C1=C(CN2CCCN(C(=O)CC)CC2)N(CC)C(=O)NC1c1ccccc1Cl. The fraction of sp³-hybridized carbons (Fsp3) is 0.542. The molecule has 0 aliphatic carbocycles. The van der Waals surface area contributed by atoms with Gasteiger partial charge in [0.2, 0.25) is 5.91 Å². The Balaban J connectivity index is 2.00. The van der Waals surface area contributed by atoms with E-state index in [1.807, 2.05) is 36.9 Å². The molecule has 1 unspecified atom stereocenters. The van der Waals surface area contributed by atoms with Crippen LogP contribution in [0.4, 0.5) is 4.79 Å². The zero-order valence-corrected chi connectivity index (χ0v) is 20.4. The number of urea groups is 1. The number of likely N-dealkylation sites (N-methyl/N-ethyl adjacent to an activating group) is 1. The van der Waals surface area contributed by atoms with Crippen LogP contribution >= 0.6 is 11.6 Å². The van der Waals surface area contributed by atoms with Crippen LogP contribution in [-0.2, 0) is 14.3 Å². The van der Waals surface area contributed by atoms with E-state index in [9.17, 15) is 14.4 Å². The van der Waals surface area contributed by atoms with E-state index in [0.717, 1.165) is 13.0 Å². The van der Waals surface area contributed by atoms with Gasteiger partial charge >= 0.3 is 12.0 Å². The number of amides is 3. The first-order valence-electron chi connectivity index (χ1n) is 11.6. The van der Waals surface area contributed by atoms with Gasteiger partial charge in [0, 0.05) is 56.4 Å². The Kier molecular flexibility index (Phi) is 8.74. The molecule has 2 aliphatic rings.